The number of hydrogen-bond donors (Lipinski definition) is 0. The Labute approximate surface area is 171 Å². The first-order valence-electron chi connectivity index (χ1n) is 9.61. The van der Waals surface area contributed by atoms with Crippen molar-refractivity contribution in [1.29, 1.82) is 0 Å². The average molecular weight is 374 g/mol. The molecule has 0 N–H and O–H groups in total. The van der Waals surface area contributed by atoms with Crippen molar-refractivity contribution in [3.05, 3.63) is 121 Å². The van der Waals surface area contributed by atoms with Gasteiger partial charge in [-0.2, -0.15) is 0 Å². The SMILES string of the molecule is C=C(/C=C(\C)c1ccc(-c2ccccn2)cc1)c1ccc(-c2ccccn2)cc1. The molecule has 0 fully saturated rings. The van der Waals surface area contributed by atoms with Crippen LogP contribution in [0.2, 0.25) is 0 Å². The maximum Gasteiger partial charge on any atom is 0.0701 e. The molecule has 0 aliphatic rings. The zero-order valence-electron chi connectivity index (χ0n) is 16.4. The number of aromatic nitrogens is 2. The molecular weight excluding hydrogens is 352 g/mol. The van der Waals surface area contributed by atoms with Crippen LogP contribution in [-0.2, 0) is 0 Å². The molecule has 2 aromatic heterocycles. The van der Waals surface area contributed by atoms with Crippen molar-refractivity contribution in [3.8, 4) is 22.5 Å². The Hall–Kier alpha value is -3.78. The van der Waals surface area contributed by atoms with E-state index in [2.05, 4.69) is 78.1 Å². The molecule has 2 nitrogen and oxygen atoms in total. The van der Waals surface area contributed by atoms with Crippen LogP contribution in [-0.4, -0.2) is 9.97 Å². The van der Waals surface area contributed by atoms with Crippen molar-refractivity contribution in [2.45, 2.75) is 6.92 Å². The lowest BCUT2D eigenvalue weighted by Crippen LogP contribution is -1.86. The molecule has 2 aromatic carbocycles. The highest BCUT2D eigenvalue weighted by Gasteiger charge is 2.03. The second-order valence-corrected chi connectivity index (χ2v) is 6.94. The monoisotopic (exact) mass is 374 g/mol. The summed E-state index contributed by atoms with van der Waals surface area (Å²) in [6.07, 6.45) is 5.76. The predicted molar refractivity (Wildman–Crippen MR) is 122 cm³/mol. The number of hydrogen-bond acceptors (Lipinski definition) is 2. The van der Waals surface area contributed by atoms with Crippen molar-refractivity contribution in [2.75, 3.05) is 0 Å². The van der Waals surface area contributed by atoms with E-state index in [1.54, 1.807) is 0 Å². The molecule has 0 aliphatic carbocycles. The lowest BCUT2D eigenvalue weighted by molar-refractivity contribution is 1.32. The summed E-state index contributed by atoms with van der Waals surface area (Å²) in [7, 11) is 0. The molecule has 0 saturated heterocycles. The Bertz CT molecular complexity index is 1120. The Morgan fingerprint density at radius 2 is 1.14 bits per heavy atom. The summed E-state index contributed by atoms with van der Waals surface area (Å²) < 4.78 is 0. The number of nitrogens with zero attached hydrogens (tertiary/aromatic N) is 2. The quantitative estimate of drug-likeness (QED) is 0.354. The highest BCUT2D eigenvalue weighted by molar-refractivity contribution is 5.83. The van der Waals surface area contributed by atoms with Crippen molar-refractivity contribution in [3.63, 3.8) is 0 Å². The number of benzene rings is 2. The number of allylic oxidation sites excluding steroid dienone is 3. The van der Waals surface area contributed by atoms with E-state index in [1.807, 2.05) is 48.8 Å². The van der Waals surface area contributed by atoms with Gasteiger partial charge < -0.3 is 0 Å². The Balaban J connectivity index is 1.50. The van der Waals surface area contributed by atoms with Gasteiger partial charge in [0.1, 0.15) is 0 Å². The Morgan fingerprint density at radius 1 is 0.655 bits per heavy atom. The third-order valence-electron chi connectivity index (χ3n) is 4.91. The average Bonchev–Trinajstić information content (AvgIpc) is 2.80. The zero-order chi connectivity index (χ0) is 20.1. The molecule has 4 aromatic rings. The van der Waals surface area contributed by atoms with E-state index in [9.17, 15) is 0 Å². The molecule has 4 rings (SSSR count). The highest BCUT2D eigenvalue weighted by atomic mass is 14.7. The maximum atomic E-state index is 4.41. The molecule has 0 radical (unpaired) electrons. The highest BCUT2D eigenvalue weighted by Crippen LogP contribution is 2.25. The first-order chi connectivity index (χ1) is 14.2. The maximum absolute atomic E-state index is 4.41. The van der Waals surface area contributed by atoms with Crippen LogP contribution in [0, 0.1) is 0 Å². The largest absolute Gasteiger partial charge is 0.256 e. The molecule has 2 heteroatoms. The summed E-state index contributed by atoms with van der Waals surface area (Å²) in [5.74, 6) is 0. The molecule has 0 aliphatic heterocycles. The molecule has 0 unspecified atom stereocenters. The van der Waals surface area contributed by atoms with Gasteiger partial charge in [0, 0.05) is 23.5 Å². The Kier molecular flexibility index (Phi) is 5.44. The van der Waals surface area contributed by atoms with Crippen LogP contribution in [0.1, 0.15) is 18.1 Å². The van der Waals surface area contributed by atoms with Gasteiger partial charge in [-0.3, -0.25) is 9.97 Å². The third-order valence-corrected chi connectivity index (χ3v) is 4.91. The van der Waals surface area contributed by atoms with Crippen LogP contribution in [0.25, 0.3) is 33.7 Å². The standard InChI is InChI=1S/C27H22N2/c1-20(22-9-13-24(14-10-22)26-7-3-5-17-28-26)19-21(2)23-11-15-25(16-12-23)27-8-4-6-18-29-27/h3-19H,1H2,2H3/b21-19+. The van der Waals surface area contributed by atoms with Gasteiger partial charge in [0.05, 0.1) is 11.4 Å². The van der Waals surface area contributed by atoms with Crippen LogP contribution >= 0.6 is 0 Å². The van der Waals surface area contributed by atoms with Gasteiger partial charge in [-0.25, -0.2) is 0 Å². The summed E-state index contributed by atoms with van der Waals surface area (Å²) in [5.41, 5.74) is 8.63. The lowest BCUT2D eigenvalue weighted by Gasteiger charge is -2.07. The minimum absolute atomic E-state index is 0.976. The predicted octanol–water partition coefficient (Wildman–Crippen LogP) is 6.93. The summed E-state index contributed by atoms with van der Waals surface area (Å²) in [6, 6.07) is 28.8. The van der Waals surface area contributed by atoms with Gasteiger partial charge in [-0.1, -0.05) is 73.3 Å². The van der Waals surface area contributed by atoms with Crippen molar-refractivity contribution < 1.29 is 0 Å². The van der Waals surface area contributed by atoms with E-state index in [4.69, 9.17) is 0 Å². The second-order valence-electron chi connectivity index (χ2n) is 6.94. The van der Waals surface area contributed by atoms with Gasteiger partial charge in [0.25, 0.3) is 0 Å². The van der Waals surface area contributed by atoms with E-state index in [-0.39, 0.29) is 0 Å². The fourth-order valence-electron chi connectivity index (χ4n) is 3.25. The van der Waals surface area contributed by atoms with Crippen LogP contribution in [0.5, 0.6) is 0 Å². The smallest absolute Gasteiger partial charge is 0.0701 e. The van der Waals surface area contributed by atoms with Crippen molar-refractivity contribution in [1.82, 2.24) is 9.97 Å². The van der Waals surface area contributed by atoms with E-state index < -0.39 is 0 Å². The van der Waals surface area contributed by atoms with E-state index in [1.165, 1.54) is 11.1 Å². The normalized spacial score (nSPS) is 11.3. The molecular formula is C27H22N2. The second kappa shape index (κ2) is 8.49. The lowest BCUT2D eigenvalue weighted by atomic mass is 9.98. The fourth-order valence-corrected chi connectivity index (χ4v) is 3.25. The molecule has 0 saturated carbocycles. The van der Waals surface area contributed by atoms with Crippen LogP contribution in [0.4, 0.5) is 0 Å². The first kappa shape index (κ1) is 18.6. The third kappa shape index (κ3) is 4.39. The number of pyridine rings is 2. The summed E-state index contributed by atoms with van der Waals surface area (Å²) in [6.45, 7) is 6.37. The topological polar surface area (TPSA) is 25.8 Å². The first-order valence-corrected chi connectivity index (χ1v) is 9.61. The van der Waals surface area contributed by atoms with Gasteiger partial charge in [-0.15, -0.1) is 0 Å². The van der Waals surface area contributed by atoms with E-state index in [0.717, 1.165) is 33.7 Å². The van der Waals surface area contributed by atoms with Gasteiger partial charge in [0.2, 0.25) is 0 Å². The van der Waals surface area contributed by atoms with Gasteiger partial charge in [-0.05, 0) is 53.5 Å². The zero-order valence-corrected chi connectivity index (χ0v) is 16.4. The van der Waals surface area contributed by atoms with Gasteiger partial charge >= 0.3 is 0 Å². The van der Waals surface area contributed by atoms with Gasteiger partial charge in [0.15, 0.2) is 0 Å². The summed E-state index contributed by atoms with van der Waals surface area (Å²) in [4.78, 5) is 8.81. The van der Waals surface area contributed by atoms with E-state index in [0.29, 0.717) is 0 Å². The summed E-state index contributed by atoms with van der Waals surface area (Å²) in [5, 5.41) is 0. The van der Waals surface area contributed by atoms with E-state index >= 15 is 0 Å². The molecule has 2 heterocycles. The van der Waals surface area contributed by atoms with Crippen molar-refractivity contribution in [2.24, 2.45) is 0 Å². The summed E-state index contributed by atoms with van der Waals surface area (Å²) >= 11 is 0. The van der Waals surface area contributed by atoms with Crippen molar-refractivity contribution >= 4 is 11.1 Å². The minimum Gasteiger partial charge on any atom is -0.256 e. The van der Waals surface area contributed by atoms with Crippen LogP contribution < -0.4 is 0 Å². The minimum atomic E-state index is 0.976. The molecule has 0 bridgehead atoms. The molecule has 29 heavy (non-hydrogen) atoms. The Morgan fingerprint density at radius 3 is 1.59 bits per heavy atom. The van der Waals surface area contributed by atoms with Crippen LogP contribution in [0.3, 0.4) is 0 Å². The number of rotatable bonds is 5. The molecule has 140 valence electrons. The molecule has 0 spiro atoms. The molecule has 0 amide bonds. The molecule has 0 atom stereocenters. The fraction of sp³-hybridized carbons (Fsp3) is 0.0370. The van der Waals surface area contributed by atoms with Crippen LogP contribution in [0.15, 0.2) is 110 Å².